The van der Waals surface area contributed by atoms with Gasteiger partial charge in [0, 0.05) is 11.1 Å². The van der Waals surface area contributed by atoms with Crippen LogP contribution in [0.4, 0.5) is 0 Å². The van der Waals surface area contributed by atoms with Gasteiger partial charge >= 0.3 is 0 Å². The van der Waals surface area contributed by atoms with Crippen molar-refractivity contribution in [2.45, 2.75) is 6.61 Å². The Morgan fingerprint density at radius 1 is 1.18 bits per heavy atom. The fourth-order valence-electron chi connectivity index (χ4n) is 0.699. The lowest BCUT2D eigenvalue weighted by Gasteiger charge is -2.02. The average Bonchev–Trinajstić information content (AvgIpc) is 1.97. The second-order valence-electron chi connectivity index (χ2n) is 2.05. The summed E-state index contributed by atoms with van der Waals surface area (Å²) in [6.45, 7) is -0.182. The second-order valence-corrected chi connectivity index (χ2v) is 2.87. The van der Waals surface area contributed by atoms with Crippen LogP contribution in [0.2, 0.25) is 10.0 Å². The van der Waals surface area contributed by atoms with E-state index in [-0.39, 0.29) is 17.4 Å². The first-order valence-electron chi connectivity index (χ1n) is 2.93. The largest absolute Gasteiger partial charge is 0.506 e. The quantitative estimate of drug-likeness (QED) is 0.717. The van der Waals surface area contributed by atoms with Crippen LogP contribution in [0.1, 0.15) is 5.56 Å². The van der Waals surface area contributed by atoms with Crippen molar-refractivity contribution in [3.05, 3.63) is 27.7 Å². The van der Waals surface area contributed by atoms with Gasteiger partial charge in [-0.25, -0.2) is 0 Å². The molecule has 0 saturated heterocycles. The maximum Gasteiger partial charge on any atom is 0.135 e. The number of hydrogen-bond acceptors (Lipinski definition) is 2. The number of aromatic hydroxyl groups is 1. The van der Waals surface area contributed by atoms with Crippen LogP contribution in [0.25, 0.3) is 0 Å². The molecule has 4 heteroatoms. The van der Waals surface area contributed by atoms with Crippen molar-refractivity contribution in [2.24, 2.45) is 0 Å². The summed E-state index contributed by atoms with van der Waals surface area (Å²) in [6.07, 6.45) is 0. The highest BCUT2D eigenvalue weighted by Gasteiger charge is 2.04. The number of halogens is 2. The van der Waals surface area contributed by atoms with Crippen LogP contribution in [0.5, 0.6) is 5.75 Å². The average molecular weight is 193 g/mol. The molecular weight excluding hydrogens is 187 g/mol. The van der Waals surface area contributed by atoms with Gasteiger partial charge in [0.25, 0.3) is 0 Å². The number of rotatable bonds is 1. The summed E-state index contributed by atoms with van der Waals surface area (Å²) in [6, 6.07) is 2.73. The van der Waals surface area contributed by atoms with Gasteiger partial charge in [-0.15, -0.1) is 0 Å². The second kappa shape index (κ2) is 3.30. The Kier molecular flexibility index (Phi) is 2.60. The van der Waals surface area contributed by atoms with Crippen LogP contribution in [0.3, 0.4) is 0 Å². The summed E-state index contributed by atoms with van der Waals surface area (Å²) in [5.74, 6) is -0.0751. The van der Waals surface area contributed by atoms with Crippen molar-refractivity contribution < 1.29 is 10.2 Å². The predicted octanol–water partition coefficient (Wildman–Crippen LogP) is 2.19. The maximum absolute atomic E-state index is 9.02. The third kappa shape index (κ3) is 1.77. The predicted molar refractivity (Wildman–Crippen MR) is 44.0 cm³/mol. The van der Waals surface area contributed by atoms with Gasteiger partial charge in [0.1, 0.15) is 5.75 Å². The molecule has 0 aliphatic carbocycles. The Hall–Kier alpha value is -0.440. The molecular formula is C7H6Cl2O2. The van der Waals surface area contributed by atoms with Crippen molar-refractivity contribution in [1.82, 2.24) is 0 Å². The molecule has 0 amide bonds. The van der Waals surface area contributed by atoms with Gasteiger partial charge in [-0.05, 0) is 11.6 Å². The van der Waals surface area contributed by atoms with E-state index in [1.165, 1.54) is 12.1 Å². The maximum atomic E-state index is 9.02. The highest BCUT2D eigenvalue weighted by Crippen LogP contribution is 2.29. The Morgan fingerprint density at radius 3 is 2.36 bits per heavy atom. The Balaban J connectivity index is 3.21. The normalized spacial score (nSPS) is 10.1. The SMILES string of the molecule is OCc1cc(Cl)c(O)cc1Cl. The first-order chi connectivity index (χ1) is 5.15. The van der Waals surface area contributed by atoms with Crippen LogP contribution in [0, 0.1) is 0 Å². The van der Waals surface area contributed by atoms with Crippen LogP contribution in [0.15, 0.2) is 12.1 Å². The molecule has 0 aliphatic rings. The molecule has 1 aromatic carbocycles. The molecule has 0 atom stereocenters. The highest BCUT2D eigenvalue weighted by molar-refractivity contribution is 6.34. The molecule has 0 unspecified atom stereocenters. The first kappa shape index (κ1) is 8.65. The van der Waals surface area contributed by atoms with Gasteiger partial charge in [-0.1, -0.05) is 23.2 Å². The summed E-state index contributed by atoms with van der Waals surface area (Å²) in [4.78, 5) is 0. The molecule has 2 nitrogen and oxygen atoms in total. The summed E-state index contributed by atoms with van der Waals surface area (Å²) in [5, 5.41) is 18.2. The number of phenolic OH excluding ortho intramolecular Hbond substituents is 1. The van der Waals surface area contributed by atoms with Crippen LogP contribution >= 0.6 is 23.2 Å². The number of aliphatic hydroxyl groups is 1. The standard InChI is InChI=1S/C7H6Cl2O2/c8-5-2-7(11)6(9)1-4(5)3-10/h1-2,10-11H,3H2. The topological polar surface area (TPSA) is 40.5 Å². The third-order valence-corrected chi connectivity index (χ3v) is 1.94. The van der Waals surface area contributed by atoms with Crippen LogP contribution < -0.4 is 0 Å². The van der Waals surface area contributed by atoms with Gasteiger partial charge < -0.3 is 10.2 Å². The molecule has 1 aromatic rings. The van der Waals surface area contributed by atoms with Crippen molar-refractivity contribution in [2.75, 3.05) is 0 Å². The number of hydrogen-bond donors (Lipinski definition) is 2. The smallest absolute Gasteiger partial charge is 0.135 e. The van der Waals surface area contributed by atoms with E-state index in [0.717, 1.165) is 0 Å². The summed E-state index contributed by atoms with van der Waals surface area (Å²) >= 11 is 11.2. The van der Waals surface area contributed by atoms with E-state index in [9.17, 15) is 0 Å². The number of aliphatic hydroxyl groups excluding tert-OH is 1. The van der Waals surface area contributed by atoms with Crippen molar-refractivity contribution >= 4 is 23.2 Å². The van der Waals surface area contributed by atoms with E-state index >= 15 is 0 Å². The Labute approximate surface area is 74.0 Å². The van der Waals surface area contributed by atoms with Gasteiger partial charge in [-0.3, -0.25) is 0 Å². The van der Waals surface area contributed by atoms with Crippen molar-refractivity contribution in [3.8, 4) is 5.75 Å². The molecule has 0 heterocycles. The van der Waals surface area contributed by atoms with E-state index in [2.05, 4.69) is 0 Å². The molecule has 0 spiro atoms. The van der Waals surface area contributed by atoms with Gasteiger partial charge in [0.15, 0.2) is 0 Å². The number of benzene rings is 1. The van der Waals surface area contributed by atoms with E-state index in [0.29, 0.717) is 10.6 Å². The fourth-order valence-corrected chi connectivity index (χ4v) is 1.10. The minimum atomic E-state index is -0.182. The first-order valence-corrected chi connectivity index (χ1v) is 3.68. The minimum Gasteiger partial charge on any atom is -0.506 e. The van der Waals surface area contributed by atoms with Gasteiger partial charge in [-0.2, -0.15) is 0 Å². The zero-order valence-corrected chi connectivity index (χ0v) is 7.02. The molecule has 2 N–H and O–H groups in total. The molecule has 0 aromatic heterocycles. The van der Waals surface area contributed by atoms with E-state index in [4.69, 9.17) is 33.4 Å². The van der Waals surface area contributed by atoms with E-state index in [1.54, 1.807) is 0 Å². The molecule has 0 aliphatic heterocycles. The molecule has 0 radical (unpaired) electrons. The van der Waals surface area contributed by atoms with E-state index < -0.39 is 0 Å². The monoisotopic (exact) mass is 192 g/mol. The minimum absolute atomic E-state index is 0.0751. The molecule has 0 bridgehead atoms. The van der Waals surface area contributed by atoms with Crippen molar-refractivity contribution in [1.29, 1.82) is 0 Å². The zero-order valence-electron chi connectivity index (χ0n) is 5.51. The van der Waals surface area contributed by atoms with E-state index in [1.807, 2.05) is 0 Å². The van der Waals surface area contributed by atoms with Crippen LogP contribution in [-0.2, 0) is 6.61 Å². The molecule has 60 valence electrons. The summed E-state index contributed by atoms with van der Waals surface area (Å²) in [5.41, 5.74) is 0.509. The lowest BCUT2D eigenvalue weighted by molar-refractivity contribution is 0.282. The van der Waals surface area contributed by atoms with Crippen LogP contribution in [-0.4, -0.2) is 10.2 Å². The zero-order chi connectivity index (χ0) is 8.43. The van der Waals surface area contributed by atoms with Gasteiger partial charge in [0.2, 0.25) is 0 Å². The lowest BCUT2D eigenvalue weighted by atomic mass is 10.2. The summed E-state index contributed by atoms with van der Waals surface area (Å²) in [7, 11) is 0. The Bertz CT molecular complexity index is 273. The lowest BCUT2D eigenvalue weighted by Crippen LogP contribution is -1.84. The molecule has 1 rings (SSSR count). The fraction of sp³-hybridized carbons (Fsp3) is 0.143. The molecule has 0 fully saturated rings. The van der Waals surface area contributed by atoms with Crippen molar-refractivity contribution in [3.63, 3.8) is 0 Å². The van der Waals surface area contributed by atoms with Gasteiger partial charge in [0.05, 0.1) is 11.6 Å². The molecule has 11 heavy (non-hydrogen) atoms. The Morgan fingerprint density at radius 2 is 1.82 bits per heavy atom. The third-order valence-electron chi connectivity index (χ3n) is 1.29. The highest BCUT2D eigenvalue weighted by atomic mass is 35.5. The summed E-state index contributed by atoms with van der Waals surface area (Å²) < 4.78 is 0. The molecule has 0 saturated carbocycles. The number of phenols is 1.